The largest absolute Gasteiger partial charge is 0.385 e. The number of ether oxygens (including phenoxy) is 2. The van der Waals surface area contributed by atoms with Crippen LogP contribution in [0.25, 0.3) is 0 Å². The van der Waals surface area contributed by atoms with E-state index in [1.165, 1.54) is 0 Å². The lowest BCUT2D eigenvalue weighted by atomic mass is 10.1. The van der Waals surface area contributed by atoms with Crippen LogP contribution in [-0.2, 0) is 9.47 Å². The van der Waals surface area contributed by atoms with Crippen LogP contribution in [-0.4, -0.2) is 55.8 Å². The maximum atomic E-state index is 7.39. The second-order valence-electron chi connectivity index (χ2n) is 4.15. The van der Waals surface area contributed by atoms with Crippen molar-refractivity contribution < 1.29 is 9.47 Å². The Labute approximate surface area is 90.0 Å². The van der Waals surface area contributed by atoms with Gasteiger partial charge in [-0.05, 0) is 12.8 Å². The molecule has 86 valence electrons. The minimum absolute atomic E-state index is 0.145. The molecule has 0 aromatic carbocycles. The van der Waals surface area contributed by atoms with Crippen LogP contribution >= 0.6 is 0 Å². The second kappa shape index (κ2) is 4.92. The summed E-state index contributed by atoms with van der Waals surface area (Å²) in [5.74, 6) is 0.145. The van der Waals surface area contributed by atoms with Gasteiger partial charge in [0, 0.05) is 32.3 Å². The maximum absolute atomic E-state index is 7.39. The minimum Gasteiger partial charge on any atom is -0.385 e. The molecule has 0 spiro atoms. The van der Waals surface area contributed by atoms with E-state index in [0.29, 0.717) is 12.6 Å². The number of nitrogens with zero attached hydrogens (tertiary/aromatic N) is 1. The van der Waals surface area contributed by atoms with Crippen LogP contribution in [0.1, 0.15) is 12.8 Å². The number of rotatable bonds is 2. The third kappa shape index (κ3) is 2.68. The summed E-state index contributed by atoms with van der Waals surface area (Å²) in [6, 6.07) is 0.587. The van der Waals surface area contributed by atoms with E-state index in [-0.39, 0.29) is 11.9 Å². The molecule has 5 nitrogen and oxygen atoms in total. The summed E-state index contributed by atoms with van der Waals surface area (Å²) in [6.07, 6.45) is 1.97. The Morgan fingerprint density at radius 2 is 2.00 bits per heavy atom. The molecule has 2 fully saturated rings. The quantitative estimate of drug-likeness (QED) is 0.492. The molecule has 2 saturated heterocycles. The molecule has 1 unspecified atom stereocenters. The molecule has 2 heterocycles. The van der Waals surface area contributed by atoms with Crippen molar-refractivity contribution >= 4 is 5.84 Å². The normalized spacial score (nSPS) is 30.3. The van der Waals surface area contributed by atoms with E-state index >= 15 is 0 Å². The van der Waals surface area contributed by atoms with Crippen LogP contribution in [0.4, 0.5) is 0 Å². The molecule has 2 aliphatic heterocycles. The highest BCUT2D eigenvalue weighted by molar-refractivity contribution is 5.82. The number of nitrogens with one attached hydrogen (secondary N) is 1. The average Bonchev–Trinajstić information content (AvgIpc) is 2.30. The molecule has 0 aliphatic carbocycles. The SMILES string of the molecule is N=C(N)C1CN(C2CCOCC2)CCO1. The Balaban J connectivity index is 1.88. The fraction of sp³-hybridized carbons (Fsp3) is 0.900. The van der Waals surface area contributed by atoms with Gasteiger partial charge in [-0.3, -0.25) is 10.3 Å². The van der Waals surface area contributed by atoms with Crippen molar-refractivity contribution in [3.8, 4) is 0 Å². The smallest absolute Gasteiger partial charge is 0.127 e. The van der Waals surface area contributed by atoms with Gasteiger partial charge in [0.15, 0.2) is 0 Å². The molecule has 1 atom stereocenters. The first-order valence-electron chi connectivity index (χ1n) is 5.54. The first-order valence-corrected chi connectivity index (χ1v) is 5.54. The predicted molar refractivity (Wildman–Crippen MR) is 57.1 cm³/mol. The van der Waals surface area contributed by atoms with E-state index in [1.54, 1.807) is 0 Å². The zero-order valence-corrected chi connectivity index (χ0v) is 8.95. The van der Waals surface area contributed by atoms with Crippen molar-refractivity contribution in [2.45, 2.75) is 25.0 Å². The van der Waals surface area contributed by atoms with E-state index in [9.17, 15) is 0 Å². The van der Waals surface area contributed by atoms with Crippen molar-refractivity contribution in [1.29, 1.82) is 5.41 Å². The predicted octanol–water partition coefficient (Wildman–Crippen LogP) is -0.198. The summed E-state index contributed by atoms with van der Waals surface area (Å²) in [5, 5.41) is 7.39. The van der Waals surface area contributed by atoms with Gasteiger partial charge in [-0.15, -0.1) is 0 Å². The number of morpholine rings is 1. The molecule has 0 radical (unpaired) electrons. The molecular weight excluding hydrogens is 194 g/mol. The molecular formula is C10H19N3O2. The van der Waals surface area contributed by atoms with Gasteiger partial charge < -0.3 is 15.2 Å². The molecule has 5 heteroatoms. The lowest BCUT2D eigenvalue weighted by Gasteiger charge is -2.39. The number of amidine groups is 1. The van der Waals surface area contributed by atoms with Gasteiger partial charge in [-0.25, -0.2) is 0 Å². The highest BCUT2D eigenvalue weighted by atomic mass is 16.5. The highest BCUT2D eigenvalue weighted by Gasteiger charge is 2.28. The summed E-state index contributed by atoms with van der Waals surface area (Å²) >= 11 is 0. The molecule has 2 aliphatic rings. The van der Waals surface area contributed by atoms with Gasteiger partial charge in [-0.2, -0.15) is 0 Å². The van der Waals surface area contributed by atoms with Crippen molar-refractivity contribution in [2.75, 3.05) is 32.9 Å². The second-order valence-corrected chi connectivity index (χ2v) is 4.15. The van der Waals surface area contributed by atoms with Crippen LogP contribution < -0.4 is 5.73 Å². The summed E-state index contributed by atoms with van der Waals surface area (Å²) in [4.78, 5) is 2.39. The average molecular weight is 213 g/mol. The van der Waals surface area contributed by atoms with Gasteiger partial charge in [0.05, 0.1) is 6.61 Å². The van der Waals surface area contributed by atoms with Crippen molar-refractivity contribution in [3.63, 3.8) is 0 Å². The third-order valence-electron chi connectivity index (χ3n) is 3.15. The Morgan fingerprint density at radius 1 is 1.27 bits per heavy atom. The molecule has 0 aromatic heterocycles. The lowest BCUT2D eigenvalue weighted by Crippen LogP contribution is -2.52. The minimum atomic E-state index is -0.207. The lowest BCUT2D eigenvalue weighted by molar-refractivity contribution is -0.0387. The molecule has 3 N–H and O–H groups in total. The fourth-order valence-corrected chi connectivity index (χ4v) is 2.24. The van der Waals surface area contributed by atoms with Crippen LogP contribution in [0, 0.1) is 5.41 Å². The van der Waals surface area contributed by atoms with Gasteiger partial charge in [0.25, 0.3) is 0 Å². The summed E-state index contributed by atoms with van der Waals surface area (Å²) < 4.78 is 10.8. The fourth-order valence-electron chi connectivity index (χ4n) is 2.24. The van der Waals surface area contributed by atoms with E-state index in [0.717, 1.165) is 39.1 Å². The Hall–Kier alpha value is -0.650. The Morgan fingerprint density at radius 3 is 2.67 bits per heavy atom. The van der Waals surface area contributed by atoms with Crippen LogP contribution in [0.5, 0.6) is 0 Å². The summed E-state index contributed by atoms with van der Waals surface area (Å²) in [5.41, 5.74) is 5.47. The zero-order chi connectivity index (χ0) is 10.7. The third-order valence-corrected chi connectivity index (χ3v) is 3.15. The van der Waals surface area contributed by atoms with Crippen molar-refractivity contribution in [2.24, 2.45) is 5.73 Å². The highest BCUT2D eigenvalue weighted by Crippen LogP contribution is 2.17. The van der Waals surface area contributed by atoms with Crippen molar-refractivity contribution in [3.05, 3.63) is 0 Å². The Bertz CT molecular complexity index is 229. The number of nitrogens with two attached hydrogens (primary N) is 1. The standard InChI is InChI=1S/C10H19N3O2/c11-10(12)9-7-13(3-6-15-9)8-1-4-14-5-2-8/h8-9H,1-7H2,(H3,11,12). The van der Waals surface area contributed by atoms with E-state index < -0.39 is 0 Å². The van der Waals surface area contributed by atoms with Gasteiger partial charge in [-0.1, -0.05) is 0 Å². The first-order chi connectivity index (χ1) is 7.27. The number of hydrogen-bond acceptors (Lipinski definition) is 4. The first kappa shape index (κ1) is 10.9. The van der Waals surface area contributed by atoms with Crippen LogP contribution in [0.2, 0.25) is 0 Å². The van der Waals surface area contributed by atoms with Gasteiger partial charge >= 0.3 is 0 Å². The van der Waals surface area contributed by atoms with Crippen LogP contribution in [0.3, 0.4) is 0 Å². The number of hydrogen-bond donors (Lipinski definition) is 2. The summed E-state index contributed by atoms with van der Waals surface area (Å²) in [7, 11) is 0. The summed E-state index contributed by atoms with van der Waals surface area (Å²) in [6.45, 7) is 4.11. The maximum Gasteiger partial charge on any atom is 0.127 e. The molecule has 2 rings (SSSR count). The van der Waals surface area contributed by atoms with Crippen LogP contribution in [0.15, 0.2) is 0 Å². The molecule has 0 amide bonds. The monoisotopic (exact) mass is 213 g/mol. The Kier molecular flexibility index (Phi) is 3.56. The van der Waals surface area contributed by atoms with Gasteiger partial charge in [0.1, 0.15) is 11.9 Å². The molecule has 15 heavy (non-hydrogen) atoms. The molecule has 0 saturated carbocycles. The van der Waals surface area contributed by atoms with E-state index in [1.807, 2.05) is 0 Å². The van der Waals surface area contributed by atoms with Crippen molar-refractivity contribution in [1.82, 2.24) is 4.90 Å². The van der Waals surface area contributed by atoms with Gasteiger partial charge in [0.2, 0.25) is 0 Å². The van der Waals surface area contributed by atoms with E-state index in [4.69, 9.17) is 20.6 Å². The topological polar surface area (TPSA) is 71.6 Å². The van der Waals surface area contributed by atoms with E-state index in [2.05, 4.69) is 4.90 Å². The molecule has 0 bridgehead atoms. The zero-order valence-electron chi connectivity index (χ0n) is 8.95. The molecule has 0 aromatic rings.